The van der Waals surface area contributed by atoms with Gasteiger partial charge < -0.3 is 24.8 Å². The molecule has 0 saturated carbocycles. The lowest BCUT2D eigenvalue weighted by molar-refractivity contribution is -0.120. The number of fused-ring (bicyclic) bond motifs is 2. The molecule has 0 aliphatic carbocycles. The van der Waals surface area contributed by atoms with Gasteiger partial charge in [0, 0.05) is 30.4 Å². The van der Waals surface area contributed by atoms with E-state index < -0.39 is 12.1 Å². The van der Waals surface area contributed by atoms with Crippen molar-refractivity contribution >= 4 is 35.0 Å². The maximum absolute atomic E-state index is 13.5. The number of aryl methyl sites for hydroxylation is 1. The summed E-state index contributed by atoms with van der Waals surface area (Å²) in [6, 6.07) is 12.7. The Kier molecular flexibility index (Phi) is 5.53. The van der Waals surface area contributed by atoms with Gasteiger partial charge in [0.15, 0.2) is 0 Å². The minimum Gasteiger partial charge on any atom is -0.496 e. The highest BCUT2D eigenvalue weighted by Crippen LogP contribution is 2.36. The quantitative estimate of drug-likeness (QED) is 0.601. The lowest BCUT2D eigenvalue weighted by atomic mass is 10.0. The number of anilines is 1. The van der Waals surface area contributed by atoms with Gasteiger partial charge in [-0.2, -0.15) is 0 Å². The van der Waals surface area contributed by atoms with Gasteiger partial charge in [-0.25, -0.2) is 0 Å². The van der Waals surface area contributed by atoms with Crippen LogP contribution in [0.4, 0.5) is 5.69 Å². The van der Waals surface area contributed by atoms with Crippen LogP contribution in [0.5, 0.6) is 5.75 Å². The van der Waals surface area contributed by atoms with E-state index in [4.69, 9.17) is 16.3 Å². The number of nitrogens with one attached hydrogen (secondary N) is 2. The maximum Gasteiger partial charge on any atom is 0.268 e. The molecule has 0 spiro atoms. The van der Waals surface area contributed by atoms with Gasteiger partial charge in [0.25, 0.3) is 11.8 Å². The largest absolute Gasteiger partial charge is 0.496 e. The number of hydrogen-bond acceptors (Lipinski definition) is 4. The molecule has 1 fully saturated rings. The first kappa shape index (κ1) is 22.0. The summed E-state index contributed by atoms with van der Waals surface area (Å²) < 4.78 is 7.17. The van der Waals surface area contributed by atoms with Crippen molar-refractivity contribution in [1.82, 2.24) is 14.8 Å². The monoisotopic (exact) mass is 478 g/mol. The molecule has 34 heavy (non-hydrogen) atoms. The van der Waals surface area contributed by atoms with Gasteiger partial charge in [0.2, 0.25) is 5.91 Å². The number of amides is 3. The van der Waals surface area contributed by atoms with Crippen LogP contribution in [0.25, 0.3) is 11.1 Å². The number of halogens is 1. The molecular formula is C25H23ClN4O4. The van der Waals surface area contributed by atoms with Gasteiger partial charge in [-0.1, -0.05) is 17.7 Å². The van der Waals surface area contributed by atoms with E-state index in [1.807, 2.05) is 6.07 Å². The fourth-order valence-electron chi connectivity index (χ4n) is 4.70. The Morgan fingerprint density at radius 3 is 2.71 bits per heavy atom. The number of carbonyl (C=O) groups is 3. The van der Waals surface area contributed by atoms with Crippen LogP contribution in [0.3, 0.4) is 0 Å². The zero-order valence-corrected chi connectivity index (χ0v) is 19.4. The van der Waals surface area contributed by atoms with Crippen molar-refractivity contribution in [3.05, 3.63) is 71.0 Å². The predicted octanol–water partition coefficient (Wildman–Crippen LogP) is 3.32. The van der Waals surface area contributed by atoms with E-state index in [1.54, 1.807) is 67.4 Å². The zero-order chi connectivity index (χ0) is 24.0. The van der Waals surface area contributed by atoms with Gasteiger partial charge in [0.1, 0.15) is 17.5 Å². The van der Waals surface area contributed by atoms with Gasteiger partial charge in [-0.05, 0) is 54.4 Å². The molecule has 3 aromatic rings. The topological polar surface area (TPSA) is 92.7 Å². The second kappa shape index (κ2) is 8.53. The lowest BCUT2D eigenvalue weighted by Gasteiger charge is -2.25. The number of aromatic nitrogens is 1. The Hall–Kier alpha value is -3.78. The summed E-state index contributed by atoms with van der Waals surface area (Å²) in [5.74, 6) is -0.250. The Morgan fingerprint density at radius 1 is 1.15 bits per heavy atom. The average Bonchev–Trinajstić information content (AvgIpc) is 3.42. The van der Waals surface area contributed by atoms with Gasteiger partial charge in [-0.3, -0.25) is 14.4 Å². The van der Waals surface area contributed by atoms with E-state index in [2.05, 4.69) is 10.6 Å². The predicted molar refractivity (Wildman–Crippen MR) is 128 cm³/mol. The van der Waals surface area contributed by atoms with E-state index in [0.717, 1.165) is 11.1 Å². The zero-order valence-electron chi connectivity index (χ0n) is 18.7. The van der Waals surface area contributed by atoms with E-state index in [1.165, 1.54) is 4.90 Å². The second-order valence-corrected chi connectivity index (χ2v) is 8.85. The summed E-state index contributed by atoms with van der Waals surface area (Å²) in [4.78, 5) is 41.0. The SMILES string of the molecule is COc1ccc(Cl)cc1-c1ccc2c(c1)C(=O)N1CCC(NC(=O)c3cccn3C)C1C(=O)N2. The summed E-state index contributed by atoms with van der Waals surface area (Å²) in [6.07, 6.45) is 2.26. The molecule has 3 heterocycles. The third-order valence-electron chi connectivity index (χ3n) is 6.40. The van der Waals surface area contributed by atoms with Crippen molar-refractivity contribution in [3.8, 4) is 16.9 Å². The standard InChI is InChI=1S/C25H23ClN4O4/c1-29-10-3-4-20(29)23(31)28-19-9-11-30-22(19)24(32)27-18-7-5-14(12-17(18)25(30)33)16-13-15(26)6-8-21(16)34-2/h3-8,10,12-13,19,22H,9,11H2,1-2H3,(H,27,32)(H,28,31). The third kappa shape index (κ3) is 3.70. The highest BCUT2D eigenvalue weighted by molar-refractivity contribution is 6.31. The minimum absolute atomic E-state index is 0.267. The Labute approximate surface area is 201 Å². The molecule has 9 heteroatoms. The molecule has 0 radical (unpaired) electrons. The normalized spacial score (nSPS) is 19.2. The summed E-state index contributed by atoms with van der Waals surface area (Å²) in [7, 11) is 3.35. The second-order valence-electron chi connectivity index (χ2n) is 8.41. The lowest BCUT2D eigenvalue weighted by Crippen LogP contribution is -2.51. The smallest absolute Gasteiger partial charge is 0.268 e. The van der Waals surface area contributed by atoms with Crippen molar-refractivity contribution in [2.45, 2.75) is 18.5 Å². The molecule has 0 bridgehead atoms. The molecule has 3 amide bonds. The summed E-state index contributed by atoms with van der Waals surface area (Å²) in [5, 5.41) is 6.36. The molecule has 2 aromatic carbocycles. The first-order valence-electron chi connectivity index (χ1n) is 10.9. The van der Waals surface area contributed by atoms with Crippen LogP contribution in [0.15, 0.2) is 54.7 Å². The third-order valence-corrected chi connectivity index (χ3v) is 6.64. The first-order chi connectivity index (χ1) is 16.4. The molecule has 2 unspecified atom stereocenters. The number of carbonyl (C=O) groups excluding carboxylic acids is 3. The molecule has 2 aliphatic heterocycles. The van der Waals surface area contributed by atoms with Gasteiger partial charge in [0.05, 0.1) is 24.4 Å². The molecular weight excluding hydrogens is 456 g/mol. The Morgan fingerprint density at radius 2 is 1.97 bits per heavy atom. The molecule has 5 rings (SSSR count). The molecule has 8 nitrogen and oxygen atoms in total. The molecule has 1 aromatic heterocycles. The molecule has 1 saturated heterocycles. The van der Waals surface area contributed by atoms with Crippen LogP contribution in [-0.2, 0) is 11.8 Å². The van der Waals surface area contributed by atoms with Crippen LogP contribution < -0.4 is 15.4 Å². The van der Waals surface area contributed by atoms with Crippen molar-refractivity contribution in [2.24, 2.45) is 7.05 Å². The maximum atomic E-state index is 13.5. The highest BCUT2D eigenvalue weighted by atomic mass is 35.5. The minimum atomic E-state index is -0.798. The number of nitrogens with zero attached hydrogens (tertiary/aromatic N) is 2. The van der Waals surface area contributed by atoms with Gasteiger partial charge in [-0.15, -0.1) is 0 Å². The highest BCUT2D eigenvalue weighted by Gasteiger charge is 2.45. The van der Waals surface area contributed by atoms with Crippen molar-refractivity contribution < 1.29 is 19.1 Å². The van der Waals surface area contributed by atoms with E-state index >= 15 is 0 Å². The molecule has 2 N–H and O–H groups in total. The van der Waals surface area contributed by atoms with E-state index in [9.17, 15) is 14.4 Å². The Bertz CT molecular complexity index is 1320. The number of ether oxygens (including phenoxy) is 1. The van der Waals surface area contributed by atoms with Crippen molar-refractivity contribution in [3.63, 3.8) is 0 Å². The van der Waals surface area contributed by atoms with Crippen LogP contribution in [-0.4, -0.2) is 52.9 Å². The number of hydrogen-bond donors (Lipinski definition) is 2. The summed E-state index contributed by atoms with van der Waals surface area (Å²) >= 11 is 6.19. The van der Waals surface area contributed by atoms with Gasteiger partial charge >= 0.3 is 0 Å². The fourth-order valence-corrected chi connectivity index (χ4v) is 4.87. The summed E-state index contributed by atoms with van der Waals surface area (Å²) in [5.41, 5.74) is 2.78. The van der Waals surface area contributed by atoms with E-state index in [0.29, 0.717) is 40.7 Å². The van der Waals surface area contributed by atoms with Crippen LogP contribution in [0, 0.1) is 0 Å². The fraction of sp³-hybridized carbons (Fsp3) is 0.240. The van der Waals surface area contributed by atoms with E-state index in [-0.39, 0.29) is 17.7 Å². The number of benzene rings is 2. The molecule has 2 atom stereocenters. The first-order valence-corrected chi connectivity index (χ1v) is 11.3. The Balaban J connectivity index is 1.46. The van der Waals surface area contributed by atoms with Crippen molar-refractivity contribution in [1.29, 1.82) is 0 Å². The van der Waals surface area contributed by atoms with Crippen molar-refractivity contribution in [2.75, 3.05) is 19.0 Å². The molecule has 174 valence electrons. The summed E-state index contributed by atoms with van der Waals surface area (Å²) in [6.45, 7) is 0.360. The molecule has 2 aliphatic rings. The van der Waals surface area contributed by atoms with Crippen LogP contribution in [0.2, 0.25) is 5.02 Å². The van der Waals surface area contributed by atoms with Crippen LogP contribution in [0.1, 0.15) is 27.3 Å². The van der Waals surface area contributed by atoms with Crippen LogP contribution >= 0.6 is 11.6 Å². The average molecular weight is 479 g/mol. The number of methoxy groups -OCH3 is 1. The number of rotatable bonds is 4.